The number of amidine groups is 1. The molecule has 0 aliphatic carbocycles. The molecule has 15 heavy (non-hydrogen) atoms. The minimum Gasteiger partial charge on any atom is -0.383 e. The quantitative estimate of drug-likeness (QED) is 0.583. The molecule has 0 spiro atoms. The van der Waals surface area contributed by atoms with Crippen LogP contribution < -0.4 is 5.73 Å². The summed E-state index contributed by atoms with van der Waals surface area (Å²) < 4.78 is 12.8. The van der Waals surface area contributed by atoms with E-state index in [4.69, 9.17) is 17.3 Å². The first-order valence-electron chi connectivity index (χ1n) is 4.60. The average molecular weight is 229 g/mol. The number of hydrogen-bond donors (Lipinski definition) is 1. The first-order chi connectivity index (χ1) is 6.79. The van der Waals surface area contributed by atoms with Crippen molar-refractivity contribution >= 4 is 17.4 Å². The van der Waals surface area contributed by atoms with Gasteiger partial charge in [0.15, 0.2) is 0 Å². The lowest BCUT2D eigenvalue weighted by atomic mass is 10.1. The topological polar surface area (TPSA) is 38.4 Å². The Labute approximate surface area is 94.0 Å². The first kappa shape index (κ1) is 12.0. The van der Waals surface area contributed by atoms with Crippen LogP contribution in [0.25, 0.3) is 0 Å². The van der Waals surface area contributed by atoms with Crippen LogP contribution in [0, 0.1) is 5.82 Å². The van der Waals surface area contributed by atoms with Crippen molar-refractivity contribution in [2.45, 2.75) is 26.3 Å². The summed E-state index contributed by atoms with van der Waals surface area (Å²) >= 11 is 5.85. The number of nitrogens with zero attached hydrogens (tertiary/aromatic N) is 1. The molecule has 2 N–H and O–H groups in total. The molecule has 0 radical (unpaired) electrons. The van der Waals surface area contributed by atoms with E-state index in [0.29, 0.717) is 11.4 Å². The maximum absolute atomic E-state index is 12.8. The van der Waals surface area contributed by atoms with Gasteiger partial charge in [-0.25, -0.2) is 4.39 Å². The molecule has 4 heteroatoms. The van der Waals surface area contributed by atoms with E-state index in [9.17, 15) is 4.39 Å². The fraction of sp³-hybridized carbons (Fsp3) is 0.364. The van der Waals surface area contributed by atoms with Crippen molar-refractivity contribution in [2.75, 3.05) is 0 Å². The van der Waals surface area contributed by atoms with Gasteiger partial charge in [0.05, 0.1) is 10.6 Å². The van der Waals surface area contributed by atoms with Crippen LogP contribution in [0.3, 0.4) is 0 Å². The summed E-state index contributed by atoms with van der Waals surface area (Å²) in [5.74, 6) is -0.0557. The van der Waals surface area contributed by atoms with E-state index in [-0.39, 0.29) is 16.4 Å². The van der Waals surface area contributed by atoms with E-state index < -0.39 is 0 Å². The number of rotatable bonds is 1. The third-order valence-corrected chi connectivity index (χ3v) is 1.98. The van der Waals surface area contributed by atoms with Gasteiger partial charge in [-0.15, -0.1) is 0 Å². The number of halogens is 2. The van der Waals surface area contributed by atoms with Gasteiger partial charge in [-0.2, -0.15) is 0 Å². The largest absolute Gasteiger partial charge is 0.383 e. The van der Waals surface area contributed by atoms with Crippen molar-refractivity contribution in [1.29, 1.82) is 0 Å². The van der Waals surface area contributed by atoms with Gasteiger partial charge in [0.2, 0.25) is 0 Å². The van der Waals surface area contributed by atoms with Crippen molar-refractivity contribution in [3.05, 3.63) is 34.6 Å². The van der Waals surface area contributed by atoms with Gasteiger partial charge in [-0.3, -0.25) is 4.99 Å². The molecule has 0 atom stereocenters. The molecule has 0 bridgehead atoms. The second-order valence-corrected chi connectivity index (χ2v) is 4.70. The van der Waals surface area contributed by atoms with Crippen LogP contribution in [0.2, 0.25) is 5.02 Å². The monoisotopic (exact) mass is 228 g/mol. The first-order valence-corrected chi connectivity index (χ1v) is 4.98. The van der Waals surface area contributed by atoms with E-state index in [0.717, 1.165) is 0 Å². The minimum absolute atomic E-state index is 0.276. The lowest BCUT2D eigenvalue weighted by molar-refractivity contribution is 0.583. The second kappa shape index (κ2) is 4.19. The van der Waals surface area contributed by atoms with Crippen LogP contribution in [0.1, 0.15) is 26.3 Å². The van der Waals surface area contributed by atoms with Crippen LogP contribution in [-0.4, -0.2) is 11.4 Å². The minimum atomic E-state index is -0.382. The molecular weight excluding hydrogens is 215 g/mol. The molecule has 2 nitrogen and oxygen atoms in total. The third kappa shape index (κ3) is 3.51. The number of benzene rings is 1. The SMILES string of the molecule is CC(C)(C)N=C(N)c1ccc(F)cc1Cl. The molecule has 0 aromatic heterocycles. The molecule has 82 valence electrons. The van der Waals surface area contributed by atoms with Crippen molar-refractivity contribution in [3.63, 3.8) is 0 Å². The second-order valence-electron chi connectivity index (χ2n) is 4.29. The van der Waals surface area contributed by atoms with Gasteiger partial charge in [-0.1, -0.05) is 11.6 Å². The van der Waals surface area contributed by atoms with Crippen LogP contribution >= 0.6 is 11.6 Å². The zero-order valence-corrected chi connectivity index (χ0v) is 9.77. The standard InChI is InChI=1S/C11H14ClFN2/c1-11(2,3)15-10(14)8-5-4-7(13)6-9(8)12/h4-6H,1-3H3,(H2,14,15). The van der Waals surface area contributed by atoms with Crippen molar-refractivity contribution < 1.29 is 4.39 Å². The fourth-order valence-electron chi connectivity index (χ4n) is 1.12. The number of aliphatic imine (C=N–C) groups is 1. The molecule has 1 aromatic carbocycles. The molecule has 0 amide bonds. The highest BCUT2D eigenvalue weighted by Gasteiger charge is 2.11. The van der Waals surface area contributed by atoms with Crippen molar-refractivity contribution in [3.8, 4) is 0 Å². The van der Waals surface area contributed by atoms with E-state index in [1.165, 1.54) is 18.2 Å². The molecule has 0 fully saturated rings. The van der Waals surface area contributed by atoms with Crippen LogP contribution in [0.15, 0.2) is 23.2 Å². The molecule has 0 aliphatic heterocycles. The predicted molar refractivity (Wildman–Crippen MR) is 61.9 cm³/mol. The fourth-order valence-corrected chi connectivity index (χ4v) is 1.38. The highest BCUT2D eigenvalue weighted by atomic mass is 35.5. The van der Waals surface area contributed by atoms with Gasteiger partial charge in [-0.05, 0) is 39.0 Å². The number of hydrogen-bond acceptors (Lipinski definition) is 1. The van der Waals surface area contributed by atoms with E-state index in [1.807, 2.05) is 20.8 Å². The highest BCUT2D eigenvalue weighted by molar-refractivity contribution is 6.34. The van der Waals surface area contributed by atoms with Crippen LogP contribution in [-0.2, 0) is 0 Å². The molecular formula is C11H14ClFN2. The Morgan fingerprint density at radius 3 is 2.47 bits per heavy atom. The Hall–Kier alpha value is -1.09. The summed E-state index contributed by atoms with van der Waals surface area (Å²) in [6, 6.07) is 4.07. The molecule has 0 unspecified atom stereocenters. The zero-order valence-electron chi connectivity index (χ0n) is 9.01. The maximum atomic E-state index is 12.8. The average Bonchev–Trinajstić information content (AvgIpc) is 1.99. The van der Waals surface area contributed by atoms with E-state index in [2.05, 4.69) is 4.99 Å². The van der Waals surface area contributed by atoms with Crippen LogP contribution in [0.5, 0.6) is 0 Å². The van der Waals surface area contributed by atoms with Gasteiger partial charge in [0.1, 0.15) is 11.7 Å². The summed E-state index contributed by atoms with van der Waals surface area (Å²) in [5.41, 5.74) is 6.06. The van der Waals surface area contributed by atoms with E-state index >= 15 is 0 Å². The Morgan fingerprint density at radius 1 is 1.40 bits per heavy atom. The van der Waals surface area contributed by atoms with Gasteiger partial charge < -0.3 is 5.73 Å². The van der Waals surface area contributed by atoms with E-state index in [1.54, 1.807) is 0 Å². The lowest BCUT2D eigenvalue weighted by Gasteiger charge is -2.14. The van der Waals surface area contributed by atoms with Gasteiger partial charge in [0.25, 0.3) is 0 Å². The molecule has 0 saturated heterocycles. The van der Waals surface area contributed by atoms with Crippen LogP contribution in [0.4, 0.5) is 4.39 Å². The Bertz CT molecular complexity index is 394. The predicted octanol–water partition coefficient (Wildman–Crippen LogP) is 2.98. The van der Waals surface area contributed by atoms with Gasteiger partial charge >= 0.3 is 0 Å². The lowest BCUT2D eigenvalue weighted by Crippen LogP contribution is -2.21. The summed E-state index contributed by atoms with van der Waals surface area (Å²) in [4.78, 5) is 4.26. The third-order valence-electron chi connectivity index (χ3n) is 1.66. The molecule has 0 heterocycles. The molecule has 1 rings (SSSR count). The summed E-state index contributed by atoms with van der Waals surface area (Å²) in [6.07, 6.45) is 0. The summed E-state index contributed by atoms with van der Waals surface area (Å²) in [7, 11) is 0. The Morgan fingerprint density at radius 2 is 2.00 bits per heavy atom. The summed E-state index contributed by atoms with van der Waals surface area (Å²) in [5, 5.41) is 0.278. The van der Waals surface area contributed by atoms with Crippen molar-refractivity contribution in [1.82, 2.24) is 0 Å². The molecule has 0 aliphatic rings. The molecule has 0 saturated carbocycles. The van der Waals surface area contributed by atoms with Crippen molar-refractivity contribution in [2.24, 2.45) is 10.7 Å². The highest BCUT2D eigenvalue weighted by Crippen LogP contribution is 2.18. The smallest absolute Gasteiger partial charge is 0.127 e. The Kier molecular flexibility index (Phi) is 3.35. The zero-order chi connectivity index (χ0) is 11.6. The normalized spacial score (nSPS) is 13.0. The molecule has 1 aromatic rings. The Balaban J connectivity index is 3.12. The number of nitrogens with two attached hydrogens (primary N) is 1. The summed E-state index contributed by atoms with van der Waals surface area (Å²) in [6.45, 7) is 5.78. The van der Waals surface area contributed by atoms with Gasteiger partial charge in [0, 0.05) is 5.56 Å². The maximum Gasteiger partial charge on any atom is 0.127 e.